The summed E-state index contributed by atoms with van der Waals surface area (Å²) in [5, 5.41) is 3.28. The Labute approximate surface area is 229 Å². The number of benzene rings is 1. The minimum atomic E-state index is -0.263. The molecule has 0 unspecified atom stereocenters. The lowest BCUT2D eigenvalue weighted by Gasteiger charge is -2.15. The number of nitrogens with one attached hydrogen (secondary N) is 1. The monoisotopic (exact) mass is 552 g/mol. The van der Waals surface area contributed by atoms with Crippen molar-refractivity contribution >= 4 is 51.7 Å². The van der Waals surface area contributed by atoms with Gasteiger partial charge >= 0.3 is 0 Å². The smallest absolute Gasteiger partial charge is 0.267 e. The summed E-state index contributed by atoms with van der Waals surface area (Å²) in [6.45, 7) is 7.50. The molecule has 3 aromatic rings. The third-order valence-electron chi connectivity index (χ3n) is 6.08. The molecule has 0 aliphatic carbocycles. The quantitative estimate of drug-likeness (QED) is 0.236. The van der Waals surface area contributed by atoms with Crippen molar-refractivity contribution in [1.29, 1.82) is 0 Å². The van der Waals surface area contributed by atoms with Gasteiger partial charge in [-0.15, -0.1) is 0 Å². The SMILES string of the molecule is Cc1cccn2c(=O)c(C=C3SC(=S)N(Cc4ccc5c(c4)OCO5)C3=O)c(NCCCOC(C)C)nc12. The number of thioether (sulfide) groups is 1. The zero-order valence-electron chi connectivity index (χ0n) is 21.4. The number of fused-ring (bicyclic) bond motifs is 2. The second kappa shape index (κ2) is 11.1. The number of thiocarbonyl (C=S) groups is 1. The largest absolute Gasteiger partial charge is 0.454 e. The molecule has 1 aromatic carbocycles. The normalized spacial score (nSPS) is 15.9. The maximum absolute atomic E-state index is 13.6. The molecule has 2 aliphatic heterocycles. The summed E-state index contributed by atoms with van der Waals surface area (Å²) in [5.41, 5.74) is 2.34. The van der Waals surface area contributed by atoms with Crippen molar-refractivity contribution in [2.45, 2.75) is 39.8 Å². The molecule has 2 aromatic heterocycles. The Morgan fingerprint density at radius 1 is 1.24 bits per heavy atom. The molecule has 0 atom stereocenters. The highest BCUT2D eigenvalue weighted by atomic mass is 32.2. The molecule has 1 amide bonds. The maximum atomic E-state index is 13.6. The average Bonchev–Trinajstić information content (AvgIpc) is 3.46. The number of hydrogen-bond donors (Lipinski definition) is 1. The first-order chi connectivity index (χ1) is 18.3. The predicted molar refractivity (Wildman–Crippen MR) is 152 cm³/mol. The number of pyridine rings is 1. The fourth-order valence-electron chi connectivity index (χ4n) is 4.16. The highest BCUT2D eigenvalue weighted by Crippen LogP contribution is 2.36. The molecule has 1 N–H and O–H groups in total. The fraction of sp³-hybridized carbons (Fsp3) is 0.333. The van der Waals surface area contributed by atoms with E-state index in [1.54, 1.807) is 18.3 Å². The second-order valence-electron chi connectivity index (χ2n) is 9.22. The van der Waals surface area contributed by atoms with Crippen LogP contribution >= 0.6 is 24.0 Å². The summed E-state index contributed by atoms with van der Waals surface area (Å²) in [5.74, 6) is 1.48. The Morgan fingerprint density at radius 2 is 2.05 bits per heavy atom. The molecule has 2 aliphatic rings. The summed E-state index contributed by atoms with van der Waals surface area (Å²) in [6.07, 6.45) is 4.16. The number of amides is 1. The molecule has 198 valence electrons. The first-order valence-corrected chi connectivity index (χ1v) is 13.6. The minimum absolute atomic E-state index is 0.149. The van der Waals surface area contributed by atoms with Crippen LogP contribution in [0.1, 0.15) is 37.0 Å². The van der Waals surface area contributed by atoms with E-state index in [-0.39, 0.29) is 30.9 Å². The van der Waals surface area contributed by atoms with Gasteiger partial charge in [-0.25, -0.2) is 4.98 Å². The zero-order valence-corrected chi connectivity index (χ0v) is 23.0. The van der Waals surface area contributed by atoms with Crippen molar-refractivity contribution in [2.24, 2.45) is 0 Å². The van der Waals surface area contributed by atoms with Crippen molar-refractivity contribution in [3.63, 3.8) is 0 Å². The van der Waals surface area contributed by atoms with E-state index >= 15 is 0 Å². The summed E-state index contributed by atoms with van der Waals surface area (Å²) >= 11 is 6.70. The molecule has 0 bridgehead atoms. The lowest BCUT2D eigenvalue weighted by Crippen LogP contribution is -2.27. The first-order valence-electron chi connectivity index (χ1n) is 12.3. The van der Waals surface area contributed by atoms with Gasteiger partial charge in [0.25, 0.3) is 11.5 Å². The number of anilines is 1. The van der Waals surface area contributed by atoms with Gasteiger partial charge in [-0.05, 0) is 62.6 Å². The van der Waals surface area contributed by atoms with Crippen molar-refractivity contribution in [3.8, 4) is 11.5 Å². The molecule has 0 radical (unpaired) electrons. The van der Waals surface area contributed by atoms with Gasteiger partial charge in [0.05, 0.1) is 23.1 Å². The third kappa shape index (κ3) is 5.40. The highest BCUT2D eigenvalue weighted by Gasteiger charge is 2.33. The topological polar surface area (TPSA) is 94.4 Å². The van der Waals surface area contributed by atoms with Gasteiger partial charge in [0.2, 0.25) is 6.79 Å². The van der Waals surface area contributed by atoms with E-state index in [1.807, 2.05) is 45.0 Å². The Kier molecular flexibility index (Phi) is 7.68. The van der Waals surface area contributed by atoms with Crippen LogP contribution in [0.2, 0.25) is 0 Å². The maximum Gasteiger partial charge on any atom is 0.267 e. The lowest BCUT2D eigenvalue weighted by atomic mass is 10.2. The van der Waals surface area contributed by atoms with E-state index in [0.29, 0.717) is 50.9 Å². The fourth-order valence-corrected chi connectivity index (χ4v) is 5.40. The van der Waals surface area contributed by atoms with Crippen molar-refractivity contribution in [2.75, 3.05) is 25.3 Å². The molecule has 0 saturated carbocycles. The van der Waals surface area contributed by atoms with Crippen molar-refractivity contribution in [3.05, 3.63) is 68.5 Å². The lowest BCUT2D eigenvalue weighted by molar-refractivity contribution is -0.122. The van der Waals surface area contributed by atoms with E-state index in [2.05, 4.69) is 5.32 Å². The molecule has 0 spiro atoms. The van der Waals surface area contributed by atoms with E-state index in [9.17, 15) is 9.59 Å². The number of rotatable bonds is 9. The van der Waals surface area contributed by atoms with E-state index in [0.717, 1.165) is 17.5 Å². The van der Waals surface area contributed by atoms with Crippen molar-refractivity contribution in [1.82, 2.24) is 14.3 Å². The van der Waals surface area contributed by atoms with Crippen LogP contribution in [-0.4, -0.2) is 50.6 Å². The number of carbonyl (C=O) groups is 1. The van der Waals surface area contributed by atoms with Gasteiger partial charge in [-0.2, -0.15) is 0 Å². The first kappa shape index (κ1) is 26.2. The highest BCUT2D eigenvalue weighted by molar-refractivity contribution is 8.26. The number of ether oxygens (including phenoxy) is 3. The summed E-state index contributed by atoms with van der Waals surface area (Å²) in [4.78, 5) is 33.6. The molecular weight excluding hydrogens is 524 g/mol. The van der Waals surface area contributed by atoms with Crippen LogP contribution in [0.15, 0.2) is 46.2 Å². The minimum Gasteiger partial charge on any atom is -0.454 e. The van der Waals surface area contributed by atoms with Gasteiger partial charge in [0.15, 0.2) is 11.5 Å². The Bertz CT molecular complexity index is 1500. The molecule has 11 heteroatoms. The van der Waals surface area contributed by atoms with Crippen molar-refractivity contribution < 1.29 is 19.0 Å². The summed E-state index contributed by atoms with van der Waals surface area (Å²) < 4.78 is 18.4. The van der Waals surface area contributed by atoms with Crippen LogP contribution < -0.4 is 20.3 Å². The van der Waals surface area contributed by atoms with Crippen LogP contribution in [0.4, 0.5) is 5.82 Å². The number of hydrogen-bond acceptors (Lipinski definition) is 9. The Balaban J connectivity index is 1.43. The summed E-state index contributed by atoms with van der Waals surface area (Å²) in [7, 11) is 0. The van der Waals surface area contributed by atoms with Crippen LogP contribution in [0, 0.1) is 6.92 Å². The van der Waals surface area contributed by atoms with E-state index < -0.39 is 0 Å². The zero-order chi connectivity index (χ0) is 26.8. The predicted octanol–water partition coefficient (Wildman–Crippen LogP) is 4.36. The summed E-state index contributed by atoms with van der Waals surface area (Å²) in [6, 6.07) is 9.25. The van der Waals surface area contributed by atoms with Gasteiger partial charge in [-0.3, -0.25) is 18.9 Å². The molecule has 38 heavy (non-hydrogen) atoms. The van der Waals surface area contributed by atoms with Gasteiger partial charge in [0, 0.05) is 19.3 Å². The number of nitrogens with zero attached hydrogens (tertiary/aromatic N) is 3. The van der Waals surface area contributed by atoms with E-state index in [4.69, 9.17) is 31.4 Å². The number of aryl methyl sites for hydroxylation is 1. The molecular formula is C27H28N4O5S2. The second-order valence-corrected chi connectivity index (χ2v) is 10.9. The number of carbonyl (C=O) groups excluding carboxylic acids is 1. The van der Waals surface area contributed by atoms with Gasteiger partial charge in [-0.1, -0.05) is 36.1 Å². The van der Waals surface area contributed by atoms with Gasteiger partial charge < -0.3 is 19.5 Å². The van der Waals surface area contributed by atoms with Crippen LogP contribution in [0.5, 0.6) is 11.5 Å². The molecule has 1 fully saturated rings. The molecule has 9 nitrogen and oxygen atoms in total. The van der Waals surface area contributed by atoms with Crippen LogP contribution in [-0.2, 0) is 16.1 Å². The third-order valence-corrected chi connectivity index (χ3v) is 7.45. The number of aromatic nitrogens is 2. The van der Waals surface area contributed by atoms with E-state index in [1.165, 1.54) is 21.1 Å². The van der Waals surface area contributed by atoms with Gasteiger partial charge in [0.1, 0.15) is 15.8 Å². The average molecular weight is 553 g/mol. The Morgan fingerprint density at radius 3 is 2.87 bits per heavy atom. The van der Waals surface area contributed by atoms with Crippen LogP contribution in [0.3, 0.4) is 0 Å². The van der Waals surface area contributed by atoms with Crippen LogP contribution in [0.25, 0.3) is 11.7 Å². The molecule has 1 saturated heterocycles. The molecule has 5 rings (SSSR count). The Hall–Kier alpha value is -3.41. The standard InChI is InChI=1S/C27H28N4O5S2/c1-16(2)34-11-5-9-28-23-19(25(32)30-10-4-6-17(3)24(30)29-23)13-22-26(33)31(27(37)38-22)14-18-7-8-20-21(12-18)36-15-35-20/h4,6-8,10,12-13,16,28H,5,9,11,14-15H2,1-3H3. The molecule has 4 heterocycles.